The summed E-state index contributed by atoms with van der Waals surface area (Å²) in [6, 6.07) is 8.71. The van der Waals surface area contributed by atoms with Crippen LogP contribution in [0.4, 0.5) is 0 Å². The maximum atomic E-state index is 12.7. The number of ketones is 1. The highest BCUT2D eigenvalue weighted by Gasteiger charge is 2.45. The van der Waals surface area contributed by atoms with E-state index in [1.54, 1.807) is 38.1 Å². The van der Waals surface area contributed by atoms with Gasteiger partial charge in [-0.1, -0.05) is 18.6 Å². The molecular weight excluding hydrogens is 346 g/mol. The van der Waals surface area contributed by atoms with Gasteiger partial charge in [0.25, 0.3) is 0 Å². The van der Waals surface area contributed by atoms with Crippen LogP contribution < -0.4 is 0 Å². The first kappa shape index (κ1) is 20.6. The lowest BCUT2D eigenvalue weighted by Crippen LogP contribution is -2.39. The normalized spacial score (nSPS) is 17.9. The predicted molar refractivity (Wildman–Crippen MR) is 97.6 cm³/mol. The van der Waals surface area contributed by atoms with Crippen LogP contribution in [0.3, 0.4) is 0 Å². The third kappa shape index (κ3) is 4.94. The Morgan fingerprint density at radius 3 is 2.19 bits per heavy atom. The summed E-state index contributed by atoms with van der Waals surface area (Å²) >= 11 is 0. The number of Topliss-reactive ketones (excluding diaryl/α,β-unsaturated/α-hetero) is 1. The van der Waals surface area contributed by atoms with Crippen molar-refractivity contribution >= 4 is 17.7 Å². The minimum Gasteiger partial charge on any atom is -0.465 e. The fourth-order valence-electron chi connectivity index (χ4n) is 3.68. The Bertz CT molecular complexity index is 701. The topological polar surface area (TPSA) is 93.5 Å². The molecule has 1 aromatic rings. The number of nitrogens with zero attached hydrogens (tertiary/aromatic N) is 1. The largest absolute Gasteiger partial charge is 0.465 e. The maximum Gasteiger partial charge on any atom is 0.320 e. The Hall–Kier alpha value is -2.68. The lowest BCUT2D eigenvalue weighted by molar-refractivity contribution is -0.163. The summed E-state index contributed by atoms with van der Waals surface area (Å²) in [6.45, 7) is 3.60. The molecule has 27 heavy (non-hydrogen) atoms. The van der Waals surface area contributed by atoms with Gasteiger partial charge in [0.15, 0.2) is 5.92 Å². The number of carbonyl (C=O) groups excluding carboxylic acids is 3. The number of nitriles is 1. The second kappa shape index (κ2) is 9.86. The summed E-state index contributed by atoms with van der Waals surface area (Å²) < 4.78 is 10.3. The fourth-order valence-corrected chi connectivity index (χ4v) is 3.68. The van der Waals surface area contributed by atoms with Crippen LogP contribution in [0.1, 0.15) is 56.6 Å². The molecular formula is C21H25NO5. The van der Waals surface area contributed by atoms with Gasteiger partial charge in [0, 0.05) is 18.3 Å². The first-order valence-electron chi connectivity index (χ1n) is 9.39. The smallest absolute Gasteiger partial charge is 0.320 e. The Kier molecular flexibility index (Phi) is 7.54. The summed E-state index contributed by atoms with van der Waals surface area (Å²) in [5.41, 5.74) is 1.14. The molecule has 1 aromatic carbocycles. The maximum absolute atomic E-state index is 12.7. The van der Waals surface area contributed by atoms with Gasteiger partial charge in [0.05, 0.1) is 24.8 Å². The van der Waals surface area contributed by atoms with Gasteiger partial charge in [-0.3, -0.25) is 14.4 Å². The monoisotopic (exact) mass is 371 g/mol. The highest BCUT2D eigenvalue weighted by molar-refractivity contribution is 5.97. The van der Waals surface area contributed by atoms with Crippen molar-refractivity contribution in [1.82, 2.24) is 0 Å². The zero-order valence-corrected chi connectivity index (χ0v) is 15.8. The molecule has 2 rings (SSSR count). The lowest BCUT2D eigenvalue weighted by Gasteiger charge is -2.33. The van der Waals surface area contributed by atoms with Crippen LogP contribution in [-0.4, -0.2) is 30.9 Å². The van der Waals surface area contributed by atoms with E-state index >= 15 is 0 Å². The molecule has 0 spiro atoms. The molecule has 0 aromatic heterocycles. The van der Waals surface area contributed by atoms with Crippen LogP contribution in [0.25, 0.3) is 0 Å². The summed E-state index contributed by atoms with van der Waals surface area (Å²) in [5, 5.41) is 9.03. The van der Waals surface area contributed by atoms with Crippen molar-refractivity contribution in [3.8, 4) is 6.07 Å². The highest BCUT2D eigenvalue weighted by atomic mass is 16.6. The number of hydrogen-bond acceptors (Lipinski definition) is 6. The van der Waals surface area contributed by atoms with E-state index in [1.807, 2.05) is 6.07 Å². The van der Waals surface area contributed by atoms with Crippen molar-refractivity contribution < 1.29 is 23.9 Å². The molecule has 0 N–H and O–H groups in total. The predicted octanol–water partition coefficient (Wildman–Crippen LogP) is 3.14. The van der Waals surface area contributed by atoms with Crippen LogP contribution in [0.5, 0.6) is 0 Å². The lowest BCUT2D eigenvalue weighted by atomic mass is 9.70. The number of hydrogen-bond donors (Lipinski definition) is 0. The van der Waals surface area contributed by atoms with Crippen molar-refractivity contribution in [2.45, 2.75) is 45.4 Å². The SMILES string of the molecule is CCOC(=O)C(C(=O)OCC)C(c1ccc(C#N)cc1)C1CCCCC1=O. The average Bonchev–Trinajstić information content (AvgIpc) is 2.67. The van der Waals surface area contributed by atoms with Gasteiger partial charge in [-0.2, -0.15) is 5.26 Å². The molecule has 0 radical (unpaired) electrons. The molecule has 1 fully saturated rings. The quantitative estimate of drug-likeness (QED) is 0.540. The molecule has 6 heteroatoms. The van der Waals surface area contributed by atoms with E-state index in [4.69, 9.17) is 14.7 Å². The van der Waals surface area contributed by atoms with E-state index in [-0.39, 0.29) is 19.0 Å². The molecule has 6 nitrogen and oxygen atoms in total. The summed E-state index contributed by atoms with van der Waals surface area (Å²) in [5.74, 6) is -3.62. The first-order chi connectivity index (χ1) is 13.0. The molecule has 0 bridgehead atoms. The molecule has 1 saturated carbocycles. The molecule has 0 aliphatic heterocycles. The molecule has 144 valence electrons. The first-order valence-corrected chi connectivity index (χ1v) is 9.39. The third-order valence-corrected chi connectivity index (χ3v) is 4.90. The fraction of sp³-hybridized carbons (Fsp3) is 0.524. The Morgan fingerprint density at radius 1 is 1.11 bits per heavy atom. The standard InChI is InChI=1S/C21H25NO5/c1-3-26-20(24)19(21(25)27-4-2)18(16-7-5-6-8-17(16)23)15-11-9-14(13-22)10-12-15/h9-12,16,18-19H,3-8H2,1-2H3. The zero-order chi connectivity index (χ0) is 19.8. The molecule has 1 aliphatic carbocycles. The Morgan fingerprint density at radius 2 is 1.70 bits per heavy atom. The number of esters is 2. The van der Waals surface area contributed by atoms with Gasteiger partial charge < -0.3 is 9.47 Å². The second-order valence-electron chi connectivity index (χ2n) is 6.56. The zero-order valence-electron chi connectivity index (χ0n) is 15.8. The minimum atomic E-state index is -1.20. The van der Waals surface area contributed by atoms with Gasteiger partial charge in [0.2, 0.25) is 0 Å². The van der Waals surface area contributed by atoms with Gasteiger partial charge in [-0.15, -0.1) is 0 Å². The molecule has 0 heterocycles. The van der Waals surface area contributed by atoms with E-state index < -0.39 is 29.7 Å². The summed E-state index contributed by atoms with van der Waals surface area (Å²) in [4.78, 5) is 38.0. The van der Waals surface area contributed by atoms with E-state index in [1.165, 1.54) is 0 Å². The van der Waals surface area contributed by atoms with Gasteiger partial charge in [-0.05, 0) is 44.4 Å². The average molecular weight is 371 g/mol. The molecule has 1 aliphatic rings. The minimum absolute atomic E-state index is 0.0502. The van der Waals surface area contributed by atoms with E-state index in [2.05, 4.69) is 0 Å². The Balaban J connectivity index is 2.51. The summed E-state index contributed by atoms with van der Waals surface area (Å²) in [7, 11) is 0. The van der Waals surface area contributed by atoms with Crippen LogP contribution in [0.2, 0.25) is 0 Å². The van der Waals surface area contributed by atoms with Crippen molar-refractivity contribution in [3.63, 3.8) is 0 Å². The van der Waals surface area contributed by atoms with E-state index in [9.17, 15) is 14.4 Å². The van der Waals surface area contributed by atoms with Crippen LogP contribution in [0.15, 0.2) is 24.3 Å². The van der Waals surface area contributed by atoms with Gasteiger partial charge in [0.1, 0.15) is 5.78 Å². The van der Waals surface area contributed by atoms with E-state index in [0.717, 1.165) is 12.8 Å². The molecule has 2 unspecified atom stereocenters. The van der Waals surface area contributed by atoms with Crippen molar-refractivity contribution in [2.24, 2.45) is 11.8 Å². The molecule has 0 amide bonds. The number of rotatable bonds is 7. The molecule has 0 saturated heterocycles. The van der Waals surface area contributed by atoms with Crippen LogP contribution >= 0.6 is 0 Å². The van der Waals surface area contributed by atoms with Crippen molar-refractivity contribution in [1.29, 1.82) is 5.26 Å². The highest BCUT2D eigenvalue weighted by Crippen LogP contribution is 2.40. The van der Waals surface area contributed by atoms with Crippen molar-refractivity contribution in [3.05, 3.63) is 35.4 Å². The Labute approximate surface area is 159 Å². The summed E-state index contributed by atoms with van der Waals surface area (Å²) in [6.07, 6.45) is 2.73. The van der Waals surface area contributed by atoms with Gasteiger partial charge in [-0.25, -0.2) is 0 Å². The van der Waals surface area contributed by atoms with Crippen LogP contribution in [-0.2, 0) is 23.9 Å². The van der Waals surface area contributed by atoms with Crippen molar-refractivity contribution in [2.75, 3.05) is 13.2 Å². The van der Waals surface area contributed by atoms with Gasteiger partial charge >= 0.3 is 11.9 Å². The number of benzene rings is 1. The van der Waals surface area contributed by atoms with Crippen LogP contribution in [0, 0.1) is 23.2 Å². The van der Waals surface area contributed by atoms with E-state index in [0.29, 0.717) is 24.0 Å². The molecule has 2 atom stereocenters. The second-order valence-corrected chi connectivity index (χ2v) is 6.56. The number of carbonyl (C=O) groups is 3. The third-order valence-electron chi connectivity index (χ3n) is 4.90. The number of ether oxygens (including phenoxy) is 2.